The van der Waals surface area contributed by atoms with Crippen molar-refractivity contribution in [2.45, 2.75) is 18.8 Å². The zero-order valence-electron chi connectivity index (χ0n) is 11.1. The second kappa shape index (κ2) is 4.73. The van der Waals surface area contributed by atoms with E-state index < -0.39 is 6.43 Å². The van der Waals surface area contributed by atoms with Gasteiger partial charge in [-0.3, -0.25) is 4.98 Å². The molecule has 0 saturated carbocycles. The molecule has 1 N–H and O–H groups in total. The van der Waals surface area contributed by atoms with Gasteiger partial charge in [0.25, 0.3) is 6.43 Å². The Morgan fingerprint density at radius 2 is 2.19 bits per heavy atom. The van der Waals surface area contributed by atoms with Crippen molar-refractivity contribution >= 4 is 21.9 Å². The predicted molar refractivity (Wildman–Crippen MR) is 74.5 cm³/mol. The van der Waals surface area contributed by atoms with Crippen molar-refractivity contribution in [1.29, 1.82) is 0 Å². The van der Waals surface area contributed by atoms with E-state index in [1.165, 1.54) is 12.1 Å². The molecular weight excluding hydrogens is 276 g/mol. The van der Waals surface area contributed by atoms with Crippen LogP contribution in [0.3, 0.4) is 0 Å². The molecule has 1 atom stereocenters. The number of hydrogen-bond donors (Lipinski definition) is 1. The summed E-state index contributed by atoms with van der Waals surface area (Å²) >= 11 is 0. The molecule has 3 heterocycles. The van der Waals surface area contributed by atoms with E-state index in [9.17, 15) is 8.78 Å². The van der Waals surface area contributed by atoms with Crippen molar-refractivity contribution in [2.24, 2.45) is 0 Å². The number of imidazole rings is 1. The third-order valence-electron chi connectivity index (χ3n) is 3.93. The first-order valence-corrected chi connectivity index (χ1v) is 6.86. The lowest BCUT2D eigenvalue weighted by atomic mass is 10.1. The lowest BCUT2D eigenvalue weighted by Gasteiger charge is -2.03. The maximum Gasteiger partial charge on any atom is 0.263 e. The van der Waals surface area contributed by atoms with E-state index in [0.717, 1.165) is 24.4 Å². The van der Waals surface area contributed by atoms with E-state index in [1.54, 1.807) is 12.3 Å². The molecule has 0 bridgehead atoms. The summed E-state index contributed by atoms with van der Waals surface area (Å²) in [6.07, 6.45) is 0.110. The van der Waals surface area contributed by atoms with Gasteiger partial charge in [-0.05, 0) is 18.6 Å². The normalized spacial score (nSPS) is 19.1. The Kier molecular flexibility index (Phi) is 2.85. The first-order chi connectivity index (χ1) is 10.2. The molecule has 6 heteroatoms. The highest BCUT2D eigenvalue weighted by molar-refractivity contribution is 6.02. The maximum atomic E-state index is 12.9. The van der Waals surface area contributed by atoms with Crippen LogP contribution in [-0.4, -0.2) is 28.2 Å². The van der Waals surface area contributed by atoms with Crippen LogP contribution in [0.5, 0.6) is 0 Å². The number of pyridine rings is 1. The predicted octanol–water partition coefficient (Wildman–Crippen LogP) is 3.55. The van der Waals surface area contributed by atoms with E-state index in [0.29, 0.717) is 23.0 Å². The van der Waals surface area contributed by atoms with Gasteiger partial charge in [-0.15, -0.1) is 0 Å². The van der Waals surface area contributed by atoms with Gasteiger partial charge in [0.15, 0.2) is 0 Å². The molecule has 0 radical (unpaired) electrons. The van der Waals surface area contributed by atoms with Crippen LogP contribution in [0.25, 0.3) is 21.9 Å². The second-order valence-electron chi connectivity index (χ2n) is 5.28. The van der Waals surface area contributed by atoms with Crippen LogP contribution in [0.15, 0.2) is 24.4 Å². The first-order valence-electron chi connectivity index (χ1n) is 6.86. The van der Waals surface area contributed by atoms with Crippen LogP contribution in [0.1, 0.15) is 30.2 Å². The number of alkyl halides is 2. The van der Waals surface area contributed by atoms with Gasteiger partial charge in [0.1, 0.15) is 11.3 Å². The van der Waals surface area contributed by atoms with Crippen molar-refractivity contribution in [2.75, 3.05) is 13.2 Å². The van der Waals surface area contributed by atoms with Crippen LogP contribution in [0, 0.1) is 0 Å². The summed E-state index contributed by atoms with van der Waals surface area (Å²) in [5.41, 5.74) is 2.15. The molecule has 1 aromatic carbocycles. The SMILES string of the molecule is FC(F)c1ccc2ncc3nc(C4CCOC4)[nH]c3c2c1. The van der Waals surface area contributed by atoms with Gasteiger partial charge < -0.3 is 9.72 Å². The van der Waals surface area contributed by atoms with E-state index in [4.69, 9.17) is 4.74 Å². The standard InChI is InChI=1S/C15H13F2N3O/c16-14(17)8-1-2-11-10(5-8)13-12(6-18-11)19-15(20-13)9-3-4-21-7-9/h1-2,5-6,9,14H,3-4,7H2,(H,19,20). The first kappa shape index (κ1) is 12.6. The van der Waals surface area contributed by atoms with Crippen LogP contribution >= 0.6 is 0 Å². The lowest BCUT2D eigenvalue weighted by Crippen LogP contribution is -1.99. The lowest BCUT2D eigenvalue weighted by molar-refractivity contribution is 0.151. The summed E-state index contributed by atoms with van der Waals surface area (Å²) in [4.78, 5) is 12.1. The van der Waals surface area contributed by atoms with Gasteiger partial charge in [-0.2, -0.15) is 0 Å². The number of aromatic amines is 1. The third kappa shape index (κ3) is 2.06. The number of halogens is 2. The largest absolute Gasteiger partial charge is 0.381 e. The molecule has 0 spiro atoms. The zero-order chi connectivity index (χ0) is 14.4. The number of fused-ring (bicyclic) bond motifs is 3. The summed E-state index contributed by atoms with van der Waals surface area (Å²) in [6.45, 7) is 1.38. The average molecular weight is 289 g/mol. The number of ether oxygens (including phenoxy) is 1. The highest BCUT2D eigenvalue weighted by Crippen LogP contribution is 2.30. The highest BCUT2D eigenvalue weighted by Gasteiger charge is 2.22. The summed E-state index contributed by atoms with van der Waals surface area (Å²) < 4.78 is 31.1. The van der Waals surface area contributed by atoms with Gasteiger partial charge in [-0.25, -0.2) is 13.8 Å². The van der Waals surface area contributed by atoms with Crippen LogP contribution in [0.4, 0.5) is 8.78 Å². The molecule has 108 valence electrons. The molecule has 0 amide bonds. The molecule has 1 aliphatic rings. The summed E-state index contributed by atoms with van der Waals surface area (Å²) in [5.74, 6) is 1.09. The van der Waals surface area contributed by atoms with Gasteiger partial charge in [0.05, 0.1) is 23.8 Å². The Bertz CT molecular complexity index is 809. The van der Waals surface area contributed by atoms with Crippen LogP contribution in [0.2, 0.25) is 0 Å². The van der Waals surface area contributed by atoms with Crippen molar-refractivity contribution in [3.8, 4) is 0 Å². The minimum absolute atomic E-state index is 0.00264. The number of aromatic nitrogens is 3. The van der Waals surface area contributed by atoms with E-state index in [-0.39, 0.29) is 11.5 Å². The number of rotatable bonds is 2. The van der Waals surface area contributed by atoms with Gasteiger partial charge >= 0.3 is 0 Å². The highest BCUT2D eigenvalue weighted by atomic mass is 19.3. The van der Waals surface area contributed by atoms with E-state index >= 15 is 0 Å². The van der Waals surface area contributed by atoms with E-state index in [1.807, 2.05) is 0 Å². The number of H-pyrrole nitrogens is 1. The minimum Gasteiger partial charge on any atom is -0.381 e. The molecule has 21 heavy (non-hydrogen) atoms. The van der Waals surface area contributed by atoms with E-state index in [2.05, 4.69) is 15.0 Å². The quantitative estimate of drug-likeness (QED) is 0.785. The monoisotopic (exact) mass is 289 g/mol. The summed E-state index contributed by atoms with van der Waals surface area (Å²) in [7, 11) is 0. The number of nitrogens with one attached hydrogen (secondary N) is 1. The van der Waals surface area contributed by atoms with Crippen molar-refractivity contribution < 1.29 is 13.5 Å². The average Bonchev–Trinajstić information content (AvgIpc) is 3.15. The van der Waals surface area contributed by atoms with Crippen LogP contribution in [-0.2, 0) is 4.74 Å². The summed E-state index contributed by atoms with van der Waals surface area (Å²) in [5, 5.41) is 0.683. The molecule has 1 aliphatic heterocycles. The molecular formula is C15H13F2N3O. The molecule has 1 saturated heterocycles. The molecule has 4 rings (SSSR count). The molecule has 3 aromatic rings. The fourth-order valence-electron chi connectivity index (χ4n) is 2.78. The molecule has 1 fully saturated rings. The molecule has 1 unspecified atom stereocenters. The molecule has 2 aromatic heterocycles. The number of hydrogen-bond acceptors (Lipinski definition) is 3. The smallest absolute Gasteiger partial charge is 0.263 e. The topological polar surface area (TPSA) is 50.8 Å². The Labute approximate surface area is 119 Å². The van der Waals surface area contributed by atoms with Gasteiger partial charge in [0, 0.05) is 23.5 Å². The molecule has 0 aliphatic carbocycles. The number of nitrogens with zero attached hydrogens (tertiary/aromatic N) is 2. The van der Waals surface area contributed by atoms with Gasteiger partial charge in [-0.1, -0.05) is 6.07 Å². The zero-order valence-corrected chi connectivity index (χ0v) is 11.1. The minimum atomic E-state index is -2.49. The third-order valence-corrected chi connectivity index (χ3v) is 3.93. The Morgan fingerprint density at radius 3 is 2.95 bits per heavy atom. The van der Waals surface area contributed by atoms with Crippen molar-refractivity contribution in [3.63, 3.8) is 0 Å². The second-order valence-corrected chi connectivity index (χ2v) is 5.28. The Morgan fingerprint density at radius 1 is 1.29 bits per heavy atom. The fraction of sp³-hybridized carbons (Fsp3) is 0.333. The van der Waals surface area contributed by atoms with Crippen molar-refractivity contribution in [3.05, 3.63) is 35.8 Å². The number of benzene rings is 1. The summed E-state index contributed by atoms with van der Waals surface area (Å²) in [6, 6.07) is 4.52. The van der Waals surface area contributed by atoms with Crippen LogP contribution < -0.4 is 0 Å². The van der Waals surface area contributed by atoms with Crippen molar-refractivity contribution in [1.82, 2.24) is 15.0 Å². The van der Waals surface area contributed by atoms with Gasteiger partial charge in [0.2, 0.25) is 0 Å². The Hall–Kier alpha value is -2.08. The Balaban J connectivity index is 1.92. The maximum absolute atomic E-state index is 12.9. The fourth-order valence-corrected chi connectivity index (χ4v) is 2.78. The molecule has 4 nitrogen and oxygen atoms in total.